The molecule has 0 fully saturated rings. The number of aromatic amines is 1. The summed E-state index contributed by atoms with van der Waals surface area (Å²) in [6.45, 7) is 0. The van der Waals surface area contributed by atoms with E-state index in [1.54, 1.807) is 0 Å². The predicted octanol–water partition coefficient (Wildman–Crippen LogP) is 3.63. The van der Waals surface area contributed by atoms with Crippen LogP contribution in [0.25, 0.3) is 10.9 Å². The maximum Gasteiger partial charge on any atom is 0.0994 e. The van der Waals surface area contributed by atoms with E-state index >= 15 is 0 Å². The molecule has 3 aromatic rings. The van der Waals surface area contributed by atoms with Crippen LogP contribution in [0.15, 0.2) is 54.7 Å². The van der Waals surface area contributed by atoms with E-state index in [2.05, 4.69) is 23.2 Å². The molecular formula is C16H12N2. The van der Waals surface area contributed by atoms with Crippen LogP contribution in [0.2, 0.25) is 0 Å². The molecule has 1 heterocycles. The molecule has 0 spiro atoms. The van der Waals surface area contributed by atoms with Gasteiger partial charge < -0.3 is 4.98 Å². The van der Waals surface area contributed by atoms with Crippen LogP contribution >= 0.6 is 0 Å². The van der Waals surface area contributed by atoms with Crippen molar-refractivity contribution in [2.75, 3.05) is 0 Å². The number of nitriles is 1. The highest BCUT2D eigenvalue weighted by Crippen LogP contribution is 2.21. The van der Waals surface area contributed by atoms with Crippen LogP contribution in [-0.2, 0) is 6.42 Å². The zero-order valence-corrected chi connectivity index (χ0v) is 9.85. The lowest BCUT2D eigenvalue weighted by Gasteiger charge is -2.02. The first-order valence-corrected chi connectivity index (χ1v) is 5.91. The zero-order valence-electron chi connectivity index (χ0n) is 9.85. The van der Waals surface area contributed by atoms with E-state index in [9.17, 15) is 0 Å². The van der Waals surface area contributed by atoms with Gasteiger partial charge in [-0.15, -0.1) is 0 Å². The van der Waals surface area contributed by atoms with Crippen LogP contribution in [0.1, 0.15) is 16.7 Å². The number of nitrogens with zero attached hydrogens (tertiary/aromatic N) is 1. The second-order valence-electron chi connectivity index (χ2n) is 4.31. The fourth-order valence-electron chi connectivity index (χ4n) is 2.27. The molecule has 0 atom stereocenters. The Hall–Kier alpha value is -2.53. The Balaban J connectivity index is 2.05. The van der Waals surface area contributed by atoms with Crippen molar-refractivity contribution in [2.45, 2.75) is 6.42 Å². The SMILES string of the molecule is N#Cc1ccccc1Cc1c[nH]c2ccccc12. The average molecular weight is 232 g/mol. The standard InChI is InChI=1S/C16H12N2/c17-10-13-6-2-1-5-12(13)9-14-11-18-16-8-4-3-7-15(14)16/h1-8,11,18H,9H2. The lowest BCUT2D eigenvalue weighted by molar-refractivity contribution is 1.19. The van der Waals surface area contributed by atoms with E-state index in [1.807, 2.05) is 42.6 Å². The Morgan fingerprint density at radius 1 is 0.944 bits per heavy atom. The molecule has 0 saturated carbocycles. The van der Waals surface area contributed by atoms with Crippen molar-refractivity contribution in [1.82, 2.24) is 4.98 Å². The number of nitrogens with one attached hydrogen (secondary N) is 1. The fourth-order valence-corrected chi connectivity index (χ4v) is 2.27. The van der Waals surface area contributed by atoms with E-state index in [-0.39, 0.29) is 0 Å². The molecule has 0 amide bonds. The van der Waals surface area contributed by atoms with Gasteiger partial charge in [-0.2, -0.15) is 5.26 Å². The van der Waals surface area contributed by atoms with Gasteiger partial charge in [0.2, 0.25) is 0 Å². The van der Waals surface area contributed by atoms with Gasteiger partial charge in [0.05, 0.1) is 11.6 Å². The molecule has 0 radical (unpaired) electrons. The van der Waals surface area contributed by atoms with Gasteiger partial charge in [0.1, 0.15) is 0 Å². The van der Waals surface area contributed by atoms with Crippen molar-refractivity contribution in [1.29, 1.82) is 5.26 Å². The van der Waals surface area contributed by atoms with E-state index in [1.165, 1.54) is 10.9 Å². The van der Waals surface area contributed by atoms with Crippen molar-refractivity contribution >= 4 is 10.9 Å². The zero-order chi connectivity index (χ0) is 12.4. The second kappa shape index (κ2) is 4.38. The number of fused-ring (bicyclic) bond motifs is 1. The summed E-state index contributed by atoms with van der Waals surface area (Å²) in [5.74, 6) is 0. The Bertz CT molecular complexity index is 732. The van der Waals surface area contributed by atoms with Gasteiger partial charge in [-0.3, -0.25) is 0 Å². The predicted molar refractivity (Wildman–Crippen MR) is 72.3 cm³/mol. The van der Waals surface area contributed by atoms with Crippen molar-refractivity contribution in [2.24, 2.45) is 0 Å². The van der Waals surface area contributed by atoms with Gasteiger partial charge in [0, 0.05) is 23.5 Å². The second-order valence-corrected chi connectivity index (χ2v) is 4.31. The molecule has 2 heteroatoms. The molecule has 1 aromatic heterocycles. The van der Waals surface area contributed by atoms with E-state index in [0.717, 1.165) is 23.1 Å². The Morgan fingerprint density at radius 2 is 1.72 bits per heavy atom. The molecule has 0 aliphatic rings. The summed E-state index contributed by atoms with van der Waals surface area (Å²) in [6, 6.07) is 18.2. The highest BCUT2D eigenvalue weighted by Gasteiger charge is 2.06. The first kappa shape index (κ1) is 10.6. The first-order chi connectivity index (χ1) is 8.88. The summed E-state index contributed by atoms with van der Waals surface area (Å²) in [5.41, 5.74) is 4.20. The molecule has 0 bridgehead atoms. The van der Waals surface area contributed by atoms with Crippen LogP contribution in [0, 0.1) is 11.3 Å². The third-order valence-corrected chi connectivity index (χ3v) is 3.19. The van der Waals surface area contributed by atoms with Crippen molar-refractivity contribution in [3.05, 3.63) is 71.4 Å². The molecule has 3 rings (SSSR count). The first-order valence-electron chi connectivity index (χ1n) is 5.91. The smallest absolute Gasteiger partial charge is 0.0994 e. The number of aromatic nitrogens is 1. The molecule has 18 heavy (non-hydrogen) atoms. The molecule has 0 aliphatic heterocycles. The lowest BCUT2D eigenvalue weighted by atomic mass is 10.0. The number of hydrogen-bond donors (Lipinski definition) is 1. The topological polar surface area (TPSA) is 39.6 Å². The van der Waals surface area contributed by atoms with Gasteiger partial charge in [0.25, 0.3) is 0 Å². The third-order valence-electron chi connectivity index (χ3n) is 3.19. The third kappa shape index (κ3) is 1.76. The van der Waals surface area contributed by atoms with E-state index in [4.69, 9.17) is 5.26 Å². The molecule has 2 nitrogen and oxygen atoms in total. The molecule has 2 aromatic carbocycles. The maximum atomic E-state index is 9.10. The molecule has 0 aliphatic carbocycles. The largest absolute Gasteiger partial charge is 0.361 e. The van der Waals surface area contributed by atoms with Crippen molar-refractivity contribution in [3.8, 4) is 6.07 Å². The number of rotatable bonds is 2. The normalized spacial score (nSPS) is 10.4. The summed E-state index contributed by atoms with van der Waals surface area (Å²) >= 11 is 0. The molecule has 86 valence electrons. The van der Waals surface area contributed by atoms with E-state index in [0.29, 0.717) is 0 Å². The molecule has 0 saturated heterocycles. The fraction of sp³-hybridized carbons (Fsp3) is 0.0625. The summed E-state index contributed by atoms with van der Waals surface area (Å²) in [6.07, 6.45) is 2.81. The van der Waals surface area contributed by atoms with Gasteiger partial charge in [-0.25, -0.2) is 0 Å². The quantitative estimate of drug-likeness (QED) is 0.720. The Morgan fingerprint density at radius 3 is 2.61 bits per heavy atom. The van der Waals surface area contributed by atoms with Crippen molar-refractivity contribution < 1.29 is 0 Å². The van der Waals surface area contributed by atoms with E-state index < -0.39 is 0 Å². The molecular weight excluding hydrogens is 220 g/mol. The van der Waals surface area contributed by atoms with Crippen LogP contribution < -0.4 is 0 Å². The minimum atomic E-state index is 0.753. The van der Waals surface area contributed by atoms with Crippen LogP contribution in [0.4, 0.5) is 0 Å². The van der Waals surface area contributed by atoms with Crippen LogP contribution in [-0.4, -0.2) is 4.98 Å². The monoisotopic (exact) mass is 232 g/mol. The van der Waals surface area contributed by atoms with Crippen LogP contribution in [0.5, 0.6) is 0 Å². The molecule has 1 N–H and O–H groups in total. The van der Waals surface area contributed by atoms with Gasteiger partial charge >= 0.3 is 0 Å². The summed E-state index contributed by atoms with van der Waals surface area (Å²) in [5, 5.41) is 10.3. The van der Waals surface area contributed by atoms with Crippen LogP contribution in [0.3, 0.4) is 0 Å². The number of hydrogen-bond acceptors (Lipinski definition) is 1. The number of para-hydroxylation sites is 1. The van der Waals surface area contributed by atoms with Gasteiger partial charge in [0.15, 0.2) is 0 Å². The minimum Gasteiger partial charge on any atom is -0.361 e. The highest BCUT2D eigenvalue weighted by atomic mass is 14.7. The Kier molecular flexibility index (Phi) is 2.59. The number of H-pyrrole nitrogens is 1. The Labute approximate surface area is 106 Å². The average Bonchev–Trinajstić information content (AvgIpc) is 2.83. The summed E-state index contributed by atoms with van der Waals surface area (Å²) in [4.78, 5) is 3.26. The number of benzene rings is 2. The molecule has 0 unspecified atom stereocenters. The van der Waals surface area contributed by atoms with Crippen molar-refractivity contribution in [3.63, 3.8) is 0 Å². The lowest BCUT2D eigenvalue weighted by Crippen LogP contribution is -1.90. The maximum absolute atomic E-state index is 9.10. The summed E-state index contributed by atoms with van der Waals surface area (Å²) < 4.78 is 0. The minimum absolute atomic E-state index is 0.753. The summed E-state index contributed by atoms with van der Waals surface area (Å²) in [7, 11) is 0. The van der Waals surface area contributed by atoms with Gasteiger partial charge in [-0.05, 0) is 23.3 Å². The highest BCUT2D eigenvalue weighted by molar-refractivity contribution is 5.83. The van der Waals surface area contributed by atoms with Gasteiger partial charge in [-0.1, -0.05) is 36.4 Å².